The minimum Gasteiger partial charge on any atom is -0.449 e. The molecule has 0 fully saturated rings. The Hall–Kier alpha value is -2.45. The molecule has 168 valence electrons. The summed E-state index contributed by atoms with van der Waals surface area (Å²) in [5, 5.41) is 2.79. The summed E-state index contributed by atoms with van der Waals surface area (Å²) in [5.74, 6) is 0.0715. The van der Waals surface area contributed by atoms with Gasteiger partial charge in [0.05, 0.1) is 33.0 Å². The fourth-order valence-corrected chi connectivity index (χ4v) is 3.64. The van der Waals surface area contributed by atoms with Crippen LogP contribution in [0.1, 0.15) is 23.5 Å². The van der Waals surface area contributed by atoms with E-state index in [0.29, 0.717) is 65.8 Å². The molecule has 7 nitrogen and oxygen atoms in total. The van der Waals surface area contributed by atoms with Crippen LogP contribution in [-0.2, 0) is 18.9 Å². The van der Waals surface area contributed by atoms with Crippen LogP contribution >= 0.6 is 0 Å². The van der Waals surface area contributed by atoms with Crippen LogP contribution in [0.15, 0.2) is 48.5 Å². The third-order valence-corrected chi connectivity index (χ3v) is 5.08. The summed E-state index contributed by atoms with van der Waals surface area (Å²) in [7, 11) is 0. The lowest BCUT2D eigenvalue weighted by molar-refractivity contribution is 0.0156. The zero-order chi connectivity index (χ0) is 21.7. The molecule has 0 saturated heterocycles. The first kappa shape index (κ1) is 23.2. The van der Waals surface area contributed by atoms with Crippen molar-refractivity contribution in [1.29, 1.82) is 0 Å². The third-order valence-electron chi connectivity index (χ3n) is 5.08. The highest BCUT2D eigenvalue weighted by atomic mass is 16.6. The topological polar surface area (TPSA) is 92.0 Å². The van der Waals surface area contributed by atoms with Crippen LogP contribution in [0.3, 0.4) is 0 Å². The van der Waals surface area contributed by atoms with Gasteiger partial charge in [0.25, 0.3) is 0 Å². The summed E-state index contributed by atoms with van der Waals surface area (Å²) in [6.07, 6.45) is 0.312. The summed E-state index contributed by atoms with van der Waals surface area (Å²) >= 11 is 0. The van der Waals surface area contributed by atoms with Gasteiger partial charge in [0.15, 0.2) is 0 Å². The average Bonchev–Trinajstić information content (AvgIpc) is 3.12. The number of hydrogen-bond donors (Lipinski definition) is 2. The first-order valence-corrected chi connectivity index (χ1v) is 10.8. The summed E-state index contributed by atoms with van der Waals surface area (Å²) in [6, 6.07) is 16.6. The van der Waals surface area contributed by atoms with Gasteiger partial charge in [-0.3, -0.25) is 0 Å². The van der Waals surface area contributed by atoms with Crippen LogP contribution in [0.5, 0.6) is 0 Å². The van der Waals surface area contributed by atoms with Gasteiger partial charge in [0.1, 0.15) is 6.61 Å². The van der Waals surface area contributed by atoms with Gasteiger partial charge in [-0.05, 0) is 28.7 Å². The van der Waals surface area contributed by atoms with Crippen molar-refractivity contribution in [2.45, 2.75) is 12.3 Å². The van der Waals surface area contributed by atoms with Gasteiger partial charge in [0, 0.05) is 25.6 Å². The van der Waals surface area contributed by atoms with E-state index in [2.05, 4.69) is 29.6 Å². The molecule has 3 N–H and O–H groups in total. The van der Waals surface area contributed by atoms with Gasteiger partial charge in [-0.25, -0.2) is 4.79 Å². The lowest BCUT2D eigenvalue weighted by Gasteiger charge is -2.14. The lowest BCUT2D eigenvalue weighted by Crippen LogP contribution is -2.27. The second-order valence-electron chi connectivity index (χ2n) is 7.23. The summed E-state index contributed by atoms with van der Waals surface area (Å²) in [4.78, 5) is 12.1. The molecule has 0 radical (unpaired) electrons. The SMILES string of the molecule is NCCOCCOCCOCCCNC(=O)OCC1c2ccccc2-c2ccccc21. The third kappa shape index (κ3) is 7.04. The van der Waals surface area contributed by atoms with Gasteiger partial charge in [0.2, 0.25) is 0 Å². The first-order chi connectivity index (χ1) is 15.3. The number of amides is 1. The van der Waals surface area contributed by atoms with E-state index in [4.69, 9.17) is 24.7 Å². The molecular weight excluding hydrogens is 396 g/mol. The molecule has 0 aliphatic heterocycles. The molecule has 0 atom stereocenters. The molecule has 0 saturated carbocycles. The van der Waals surface area contributed by atoms with E-state index in [1.165, 1.54) is 22.3 Å². The maximum Gasteiger partial charge on any atom is 0.407 e. The Morgan fingerprint density at radius 1 is 0.806 bits per heavy atom. The van der Waals surface area contributed by atoms with Crippen molar-refractivity contribution in [2.75, 3.05) is 59.3 Å². The molecule has 0 aromatic heterocycles. The van der Waals surface area contributed by atoms with Crippen LogP contribution < -0.4 is 11.1 Å². The summed E-state index contributed by atoms with van der Waals surface area (Å²) in [5.41, 5.74) is 10.2. The Bertz CT molecular complexity index is 769. The molecule has 1 aliphatic rings. The number of ether oxygens (including phenoxy) is 4. The monoisotopic (exact) mass is 428 g/mol. The van der Waals surface area contributed by atoms with E-state index in [1.807, 2.05) is 24.3 Å². The van der Waals surface area contributed by atoms with Crippen molar-refractivity contribution in [3.63, 3.8) is 0 Å². The van der Waals surface area contributed by atoms with E-state index in [-0.39, 0.29) is 5.92 Å². The maximum absolute atomic E-state index is 12.1. The number of fused-ring (bicyclic) bond motifs is 3. The number of hydrogen-bond acceptors (Lipinski definition) is 6. The number of carbonyl (C=O) groups is 1. The molecule has 0 spiro atoms. The molecule has 2 aromatic rings. The fourth-order valence-electron chi connectivity index (χ4n) is 3.64. The molecule has 1 amide bonds. The smallest absolute Gasteiger partial charge is 0.407 e. The van der Waals surface area contributed by atoms with Gasteiger partial charge in [-0.15, -0.1) is 0 Å². The molecular formula is C24H32N2O5. The highest BCUT2D eigenvalue weighted by Crippen LogP contribution is 2.44. The van der Waals surface area contributed by atoms with E-state index in [1.54, 1.807) is 0 Å². The normalized spacial score (nSPS) is 12.4. The van der Waals surface area contributed by atoms with Crippen LogP contribution in [0.4, 0.5) is 4.79 Å². The average molecular weight is 429 g/mol. The molecule has 2 aromatic carbocycles. The van der Waals surface area contributed by atoms with Crippen molar-refractivity contribution in [1.82, 2.24) is 5.32 Å². The summed E-state index contributed by atoms with van der Waals surface area (Å²) in [6.45, 7) is 4.56. The molecule has 0 unspecified atom stereocenters. The molecule has 3 rings (SSSR count). The van der Waals surface area contributed by atoms with Crippen LogP contribution in [-0.4, -0.2) is 65.4 Å². The zero-order valence-electron chi connectivity index (χ0n) is 17.9. The van der Waals surface area contributed by atoms with E-state index >= 15 is 0 Å². The lowest BCUT2D eigenvalue weighted by atomic mass is 9.98. The van der Waals surface area contributed by atoms with E-state index < -0.39 is 6.09 Å². The van der Waals surface area contributed by atoms with Gasteiger partial charge in [-0.2, -0.15) is 0 Å². The maximum atomic E-state index is 12.1. The van der Waals surface area contributed by atoms with Crippen molar-refractivity contribution < 1.29 is 23.7 Å². The summed E-state index contributed by atoms with van der Waals surface area (Å²) < 4.78 is 21.6. The van der Waals surface area contributed by atoms with Crippen LogP contribution in [0.25, 0.3) is 11.1 Å². The number of rotatable bonds is 14. The Morgan fingerprint density at radius 2 is 1.35 bits per heavy atom. The van der Waals surface area contributed by atoms with Crippen molar-refractivity contribution in [3.05, 3.63) is 59.7 Å². The second kappa shape index (κ2) is 13.1. The fraction of sp³-hybridized carbons (Fsp3) is 0.458. The largest absolute Gasteiger partial charge is 0.449 e. The number of nitrogens with one attached hydrogen (secondary N) is 1. The molecule has 0 heterocycles. The van der Waals surface area contributed by atoms with Crippen molar-refractivity contribution in [3.8, 4) is 11.1 Å². The Balaban J connectivity index is 1.26. The van der Waals surface area contributed by atoms with Gasteiger partial charge in [-0.1, -0.05) is 48.5 Å². The van der Waals surface area contributed by atoms with E-state index in [9.17, 15) is 4.79 Å². The van der Waals surface area contributed by atoms with Crippen LogP contribution in [0, 0.1) is 0 Å². The number of carbonyl (C=O) groups excluding carboxylic acids is 1. The number of alkyl carbamates (subject to hydrolysis) is 1. The highest BCUT2D eigenvalue weighted by molar-refractivity contribution is 5.79. The highest BCUT2D eigenvalue weighted by Gasteiger charge is 2.28. The predicted octanol–water partition coefficient (Wildman–Crippen LogP) is 2.92. The molecule has 0 bridgehead atoms. The minimum absolute atomic E-state index is 0.0715. The number of benzene rings is 2. The Labute approximate surface area is 183 Å². The van der Waals surface area contributed by atoms with Crippen LogP contribution in [0.2, 0.25) is 0 Å². The van der Waals surface area contributed by atoms with Gasteiger partial charge >= 0.3 is 6.09 Å². The Morgan fingerprint density at radius 3 is 1.97 bits per heavy atom. The molecule has 7 heteroatoms. The predicted molar refractivity (Wildman–Crippen MR) is 119 cm³/mol. The van der Waals surface area contributed by atoms with Crippen molar-refractivity contribution >= 4 is 6.09 Å². The van der Waals surface area contributed by atoms with Crippen molar-refractivity contribution in [2.24, 2.45) is 5.73 Å². The first-order valence-electron chi connectivity index (χ1n) is 10.8. The minimum atomic E-state index is -0.400. The standard InChI is InChI=1S/C24H32N2O5/c25-10-13-29-15-17-30-16-14-28-12-5-11-26-24(27)31-18-23-21-8-3-1-6-19(21)20-7-2-4-9-22(20)23/h1-4,6-9,23H,5,10-18,25H2,(H,26,27). The molecule has 31 heavy (non-hydrogen) atoms. The Kier molecular flexibility index (Phi) is 9.79. The second-order valence-corrected chi connectivity index (χ2v) is 7.23. The molecule has 1 aliphatic carbocycles. The van der Waals surface area contributed by atoms with E-state index in [0.717, 1.165) is 0 Å². The number of nitrogens with two attached hydrogens (primary N) is 1. The quantitative estimate of drug-likeness (QED) is 0.450. The zero-order valence-corrected chi connectivity index (χ0v) is 17.9. The van der Waals surface area contributed by atoms with Gasteiger partial charge < -0.3 is 30.0 Å².